The maximum Gasteiger partial charge on any atom is 0.0950 e. The zero-order valence-electron chi connectivity index (χ0n) is 23.2. The molecule has 0 saturated carbocycles. The van der Waals surface area contributed by atoms with Crippen molar-refractivity contribution < 1.29 is 49.5 Å². The van der Waals surface area contributed by atoms with Gasteiger partial charge in [0.05, 0.1) is 8.07 Å². The van der Waals surface area contributed by atoms with Crippen molar-refractivity contribution in [2.24, 2.45) is 5.92 Å². The number of rotatable bonds is 3. The zero-order valence-corrected chi connectivity index (χ0v) is 28.1. The molecule has 1 aromatic heterocycles. The van der Waals surface area contributed by atoms with Crippen molar-refractivity contribution in [2.75, 3.05) is 0 Å². The van der Waals surface area contributed by atoms with E-state index in [1.807, 2.05) is 0 Å². The molecule has 2 bridgehead atoms. The molecule has 0 amide bonds. The molecule has 2 aliphatic carbocycles. The molecule has 39 heavy (non-hydrogen) atoms. The topological polar surface area (TPSA) is 4.93 Å². The first-order chi connectivity index (χ1) is 17.8. The number of hydrogen-bond donors (Lipinski definition) is 0. The van der Waals surface area contributed by atoms with Gasteiger partial charge in [0, 0.05) is 23.1 Å². The predicted octanol–water partition coefficient (Wildman–Crippen LogP) is 3.15. The van der Waals surface area contributed by atoms with Crippen LogP contribution in [-0.2, 0) is 24.7 Å². The summed E-state index contributed by atoms with van der Waals surface area (Å²) in [7, 11) is -1.17. The maximum atomic E-state index is 2.51. The Bertz CT molecular complexity index is 1550. The van der Waals surface area contributed by atoms with Crippen LogP contribution in [-0.4, -0.2) is 12.6 Å². The van der Waals surface area contributed by atoms with Crippen LogP contribution in [0.25, 0.3) is 28.1 Å². The van der Waals surface area contributed by atoms with Crippen LogP contribution in [0.2, 0.25) is 13.1 Å². The van der Waals surface area contributed by atoms with Crippen LogP contribution in [0.5, 0.6) is 0 Å². The van der Waals surface area contributed by atoms with E-state index in [-0.39, 0.29) is 24.8 Å². The van der Waals surface area contributed by atoms with Gasteiger partial charge in [-0.05, 0) is 35.9 Å². The quantitative estimate of drug-likeness (QED) is 0.302. The standard InChI is InChI=1S/C18H17.C16H17NSi.2ClH.Zr/c1-13(2)16-11-15-9-6-10-17(18(15)12-16)14-7-4-3-5-8-14;1-11-15-13-9-10-17(12-7-5-4-6-8-12)14(13)16(11)18(15,2)3;;;/h3-13H,1-2H3;4-10,15H,1-3H3;2*1H;/q;;;;+2/p-2. The van der Waals surface area contributed by atoms with Crippen LogP contribution in [0.1, 0.15) is 52.3 Å². The summed E-state index contributed by atoms with van der Waals surface area (Å²) in [6.45, 7) is 12.0. The number of halogens is 2. The van der Waals surface area contributed by atoms with E-state index in [4.69, 9.17) is 0 Å². The van der Waals surface area contributed by atoms with E-state index < -0.39 is 8.07 Å². The smallest absolute Gasteiger partial charge is 0.0950 e. The van der Waals surface area contributed by atoms with Crippen LogP contribution in [0.4, 0.5) is 0 Å². The molecule has 3 heterocycles. The Balaban J connectivity index is 0.000000172. The molecule has 0 saturated heterocycles. The molecule has 4 aliphatic rings. The Morgan fingerprint density at radius 2 is 1.44 bits per heavy atom. The van der Waals surface area contributed by atoms with Crippen LogP contribution in [0.3, 0.4) is 0 Å². The van der Waals surface area contributed by atoms with E-state index >= 15 is 0 Å². The fraction of sp³-hybridized carbons (Fsp3) is 0.235. The molecule has 2 aliphatic heterocycles. The molecule has 0 fully saturated rings. The van der Waals surface area contributed by atoms with Gasteiger partial charge in [-0.2, -0.15) is 0 Å². The molecule has 2 atom stereocenters. The second-order valence-corrected chi connectivity index (χ2v) is 17.4. The Kier molecular flexibility index (Phi) is 8.89. The van der Waals surface area contributed by atoms with Gasteiger partial charge in [-0.3, -0.25) is 0 Å². The fourth-order valence-electron chi connectivity index (χ4n) is 6.92. The van der Waals surface area contributed by atoms with Gasteiger partial charge >= 0.3 is 131 Å². The Morgan fingerprint density at radius 1 is 0.795 bits per heavy atom. The van der Waals surface area contributed by atoms with Gasteiger partial charge in [-0.1, -0.05) is 36.9 Å². The van der Waals surface area contributed by atoms with E-state index in [1.165, 1.54) is 33.6 Å². The normalized spacial score (nSPS) is 19.1. The first-order valence-electron chi connectivity index (χ1n) is 13.4. The van der Waals surface area contributed by atoms with Gasteiger partial charge < -0.3 is 29.4 Å². The van der Waals surface area contributed by atoms with Crippen LogP contribution in [0, 0.1) is 5.92 Å². The summed E-state index contributed by atoms with van der Waals surface area (Å²) in [5.74, 6) is 0.639. The molecule has 1 nitrogen and oxygen atoms in total. The summed E-state index contributed by atoms with van der Waals surface area (Å²) in [6.07, 6.45) is 4.67. The van der Waals surface area contributed by atoms with Crippen LogP contribution >= 0.6 is 0 Å². The summed E-state index contributed by atoms with van der Waals surface area (Å²) in [5.41, 5.74) is 14.1. The van der Waals surface area contributed by atoms with Crippen molar-refractivity contribution in [3.8, 4) is 16.8 Å². The van der Waals surface area contributed by atoms with Crippen molar-refractivity contribution in [3.63, 3.8) is 0 Å². The van der Waals surface area contributed by atoms with Crippen molar-refractivity contribution in [1.82, 2.24) is 4.57 Å². The van der Waals surface area contributed by atoms with E-state index in [9.17, 15) is 0 Å². The predicted molar refractivity (Wildman–Crippen MR) is 156 cm³/mol. The minimum atomic E-state index is -1.17. The van der Waals surface area contributed by atoms with Gasteiger partial charge in [-0.25, -0.2) is 0 Å². The van der Waals surface area contributed by atoms with Crippen LogP contribution in [0.15, 0.2) is 102 Å². The first-order valence-corrected chi connectivity index (χ1v) is 17.9. The number of fused-ring (bicyclic) bond motifs is 1. The summed E-state index contributed by atoms with van der Waals surface area (Å²) in [4.78, 5) is 0. The van der Waals surface area contributed by atoms with Gasteiger partial charge in [0.15, 0.2) is 0 Å². The summed E-state index contributed by atoms with van der Waals surface area (Å²) in [6, 6.07) is 30.5. The monoisotopic (exact) mass is 644 g/mol. The average molecular weight is 647 g/mol. The summed E-state index contributed by atoms with van der Waals surface area (Å²) >= 11 is 1.60. The molecular weight excluding hydrogens is 613 g/mol. The Hall–Kier alpha value is -1.90. The molecule has 8 rings (SSSR count). The van der Waals surface area contributed by atoms with E-state index in [2.05, 4.69) is 136 Å². The number of aromatic nitrogens is 1. The first kappa shape index (κ1) is 30.1. The second kappa shape index (κ2) is 11.5. The fourth-order valence-corrected chi connectivity index (χ4v) is 12.9. The molecule has 0 N–H and O–H groups in total. The third-order valence-electron chi connectivity index (χ3n) is 8.54. The average Bonchev–Trinajstić information content (AvgIpc) is 3.61. The molecule has 197 valence electrons. The molecule has 2 unspecified atom stereocenters. The maximum absolute atomic E-state index is 2.51. The van der Waals surface area contributed by atoms with Gasteiger partial charge in [0.2, 0.25) is 0 Å². The molecule has 3 aromatic carbocycles. The molecule has 4 aromatic rings. The molecule has 5 heteroatoms. The zero-order chi connectivity index (χ0) is 25.9. The Morgan fingerprint density at radius 3 is 2.05 bits per heavy atom. The minimum Gasteiger partial charge on any atom is -1.00 e. The summed E-state index contributed by atoms with van der Waals surface area (Å²) < 4.78 is 3.03. The van der Waals surface area contributed by atoms with Gasteiger partial charge in [0.1, 0.15) is 0 Å². The number of para-hydroxylation sites is 1. The van der Waals surface area contributed by atoms with Gasteiger partial charge in [-0.15, -0.1) is 0 Å². The number of allylic oxidation sites excluding steroid dienone is 2. The minimum absolute atomic E-state index is 0. The third kappa shape index (κ3) is 4.84. The van der Waals surface area contributed by atoms with Gasteiger partial charge in [0.25, 0.3) is 0 Å². The largest absolute Gasteiger partial charge is 1.00 e. The van der Waals surface area contributed by atoms with E-state index in [0.717, 1.165) is 5.54 Å². The van der Waals surface area contributed by atoms with E-state index in [1.54, 1.807) is 46.6 Å². The van der Waals surface area contributed by atoms with Crippen LogP contribution < -0.4 is 24.8 Å². The Labute approximate surface area is 262 Å². The second-order valence-electron chi connectivity index (χ2n) is 11.4. The van der Waals surface area contributed by atoms with Crippen molar-refractivity contribution in [2.45, 2.75) is 43.0 Å². The SMILES string of the molecule is CC(C)C1=Cc2c(-c3ccccc3)cccc2[CH]1[Zr+2].CC1=C2c3c(ccn3-c3ccccc3)C1[Si]2(C)C.[Cl-].[Cl-]. The van der Waals surface area contributed by atoms with Crippen molar-refractivity contribution in [1.29, 1.82) is 0 Å². The third-order valence-corrected chi connectivity index (χ3v) is 14.2. The number of nitrogens with zero attached hydrogens (tertiary/aromatic N) is 1. The number of benzene rings is 3. The van der Waals surface area contributed by atoms with Crippen molar-refractivity contribution in [3.05, 3.63) is 125 Å². The number of hydrogen-bond acceptors (Lipinski definition) is 0. The van der Waals surface area contributed by atoms with Crippen molar-refractivity contribution >= 4 is 19.3 Å². The summed E-state index contributed by atoms with van der Waals surface area (Å²) in [5, 5.41) is 1.70. The molecule has 0 radical (unpaired) electrons. The molecule has 0 spiro atoms. The van der Waals surface area contributed by atoms with E-state index in [0.29, 0.717) is 9.54 Å². The molecular formula is C34H34Cl2NSiZr.